The van der Waals surface area contributed by atoms with E-state index < -0.39 is 28.9 Å². The molecule has 0 aliphatic heterocycles. The van der Waals surface area contributed by atoms with Crippen LogP contribution in [0.3, 0.4) is 0 Å². The second-order valence-corrected chi connectivity index (χ2v) is 8.85. The maximum Gasteiger partial charge on any atom is 0.338 e. The lowest BCUT2D eigenvalue weighted by atomic mass is 10.1. The first-order chi connectivity index (χ1) is 16.5. The lowest BCUT2D eigenvalue weighted by Gasteiger charge is -2.20. The maximum absolute atomic E-state index is 14.0. The van der Waals surface area contributed by atoms with E-state index >= 15 is 0 Å². The molecule has 1 heterocycles. The van der Waals surface area contributed by atoms with Crippen molar-refractivity contribution in [3.63, 3.8) is 0 Å². The number of anilines is 2. The highest BCUT2D eigenvalue weighted by Gasteiger charge is 2.20. The first kappa shape index (κ1) is 25.6. The molecule has 0 atom stereocenters. The number of hydrogen-bond donors (Lipinski definition) is 4. The Morgan fingerprint density at radius 1 is 1.14 bits per heavy atom. The van der Waals surface area contributed by atoms with Gasteiger partial charge in [-0.15, -0.1) is 0 Å². The highest BCUT2D eigenvalue weighted by atomic mass is 19.1. The van der Waals surface area contributed by atoms with Crippen molar-refractivity contribution in [1.29, 1.82) is 0 Å². The fourth-order valence-corrected chi connectivity index (χ4v) is 3.40. The summed E-state index contributed by atoms with van der Waals surface area (Å²) in [7, 11) is 1.60. The number of carbonyl (C=O) groups is 2. The molecule has 184 valence electrons. The van der Waals surface area contributed by atoms with Crippen LogP contribution in [-0.2, 0) is 4.74 Å². The molecule has 0 aliphatic carbocycles. The number of aliphatic hydroxyl groups is 1. The second-order valence-electron chi connectivity index (χ2n) is 8.85. The number of benzene rings is 2. The third-order valence-corrected chi connectivity index (χ3v) is 4.96. The Morgan fingerprint density at radius 2 is 1.89 bits per heavy atom. The summed E-state index contributed by atoms with van der Waals surface area (Å²) in [5, 5.41) is 14.9. The summed E-state index contributed by atoms with van der Waals surface area (Å²) in [5.74, 6) is -1.75. The molecule has 1 aromatic heterocycles. The molecule has 0 saturated carbocycles. The lowest BCUT2D eigenvalue weighted by Crippen LogP contribution is -2.24. The van der Waals surface area contributed by atoms with Gasteiger partial charge in [0.15, 0.2) is 0 Å². The minimum atomic E-state index is -0.703. The number of aromatic nitrogens is 1. The molecule has 0 fully saturated rings. The van der Waals surface area contributed by atoms with Crippen LogP contribution >= 0.6 is 0 Å². The number of H-pyrrole nitrogens is 1. The van der Waals surface area contributed by atoms with Crippen LogP contribution in [0, 0.1) is 5.82 Å². The van der Waals surface area contributed by atoms with Gasteiger partial charge < -0.3 is 25.5 Å². The number of esters is 1. The van der Waals surface area contributed by atoms with Crippen molar-refractivity contribution in [2.45, 2.75) is 32.8 Å². The van der Waals surface area contributed by atoms with Crippen LogP contribution in [0.25, 0.3) is 17.0 Å². The average molecular weight is 482 g/mol. The summed E-state index contributed by atoms with van der Waals surface area (Å²) in [6.45, 7) is 5.21. The Labute approximate surface area is 201 Å². The molecule has 3 aromatic rings. The van der Waals surface area contributed by atoms with Crippen molar-refractivity contribution in [1.82, 2.24) is 4.98 Å². The fourth-order valence-electron chi connectivity index (χ4n) is 3.40. The van der Waals surface area contributed by atoms with Crippen molar-refractivity contribution < 1.29 is 23.8 Å². The van der Waals surface area contributed by atoms with Crippen molar-refractivity contribution in [2.75, 3.05) is 24.3 Å². The molecule has 4 N–H and O–H groups in total. The van der Waals surface area contributed by atoms with Gasteiger partial charge in [0.25, 0.3) is 11.5 Å². The molecule has 0 aliphatic rings. The van der Waals surface area contributed by atoms with Crippen molar-refractivity contribution in [3.05, 3.63) is 75.3 Å². The monoisotopic (exact) mass is 481 g/mol. The number of nitrogens with one attached hydrogen (secondary N) is 3. The van der Waals surface area contributed by atoms with Crippen LogP contribution in [-0.4, -0.2) is 41.2 Å². The van der Waals surface area contributed by atoms with Crippen molar-refractivity contribution in [3.8, 4) is 0 Å². The molecule has 0 bridgehead atoms. The van der Waals surface area contributed by atoms with E-state index in [9.17, 15) is 18.8 Å². The fraction of sp³-hybridized carbons (Fsp3) is 0.269. The Bertz CT molecular complexity index is 1360. The van der Waals surface area contributed by atoms with E-state index in [0.717, 1.165) is 0 Å². The van der Waals surface area contributed by atoms with E-state index in [0.29, 0.717) is 34.3 Å². The molecule has 0 unspecified atom stereocenters. The summed E-state index contributed by atoms with van der Waals surface area (Å²) in [6.07, 6.45) is 3.71. The number of halogens is 1. The van der Waals surface area contributed by atoms with Crippen LogP contribution in [0.4, 0.5) is 15.8 Å². The van der Waals surface area contributed by atoms with Gasteiger partial charge in [0, 0.05) is 24.7 Å². The number of amides is 1. The smallest absolute Gasteiger partial charge is 0.338 e. The molecule has 2 aromatic carbocycles. The molecular weight excluding hydrogens is 453 g/mol. The van der Waals surface area contributed by atoms with Gasteiger partial charge in [0.2, 0.25) is 0 Å². The first-order valence-corrected chi connectivity index (χ1v) is 11.0. The standard InChI is InChI=1S/C26H28FN3O5/c1-26(2,3)35-25(34)16-8-9-20(15(11-16)7-5-6-10-31)29-23(32)19-13-17-12-18(27)14-21(28-4)22(17)30-24(19)33/h5,7-9,11-14,28,31H,6,10H2,1-4H3,(H,29,32)(H,30,33)/b7-5+. The molecular formula is C26H28FN3O5. The van der Waals surface area contributed by atoms with Gasteiger partial charge in [0.1, 0.15) is 17.0 Å². The third-order valence-electron chi connectivity index (χ3n) is 4.96. The quantitative estimate of drug-likeness (QED) is 0.373. The normalized spacial score (nSPS) is 11.6. The molecule has 9 heteroatoms. The van der Waals surface area contributed by atoms with E-state index in [1.165, 1.54) is 30.3 Å². The van der Waals surface area contributed by atoms with Gasteiger partial charge in [-0.3, -0.25) is 9.59 Å². The predicted molar refractivity (Wildman–Crippen MR) is 134 cm³/mol. The average Bonchev–Trinajstić information content (AvgIpc) is 2.78. The predicted octanol–water partition coefficient (Wildman–Crippen LogP) is 4.31. The minimum Gasteiger partial charge on any atom is -0.456 e. The topological polar surface area (TPSA) is 121 Å². The van der Waals surface area contributed by atoms with Gasteiger partial charge >= 0.3 is 5.97 Å². The maximum atomic E-state index is 14.0. The largest absolute Gasteiger partial charge is 0.456 e. The number of aliphatic hydroxyl groups excluding tert-OH is 1. The summed E-state index contributed by atoms with van der Waals surface area (Å²) >= 11 is 0. The molecule has 1 amide bonds. The highest BCUT2D eigenvalue weighted by molar-refractivity contribution is 6.07. The van der Waals surface area contributed by atoms with Crippen molar-refractivity contribution in [2.24, 2.45) is 0 Å². The zero-order valence-electron chi connectivity index (χ0n) is 20.0. The summed E-state index contributed by atoms with van der Waals surface area (Å²) < 4.78 is 19.4. The van der Waals surface area contributed by atoms with E-state index in [-0.39, 0.29) is 17.7 Å². The number of rotatable bonds is 7. The number of pyridine rings is 1. The number of fused-ring (bicyclic) bond motifs is 1. The Kier molecular flexibility index (Phi) is 7.71. The molecule has 0 saturated heterocycles. The Balaban J connectivity index is 1.98. The number of aromatic amines is 1. The van der Waals surface area contributed by atoms with Crippen LogP contribution < -0.4 is 16.2 Å². The van der Waals surface area contributed by atoms with Crippen LogP contribution in [0.2, 0.25) is 0 Å². The van der Waals surface area contributed by atoms with Gasteiger partial charge in [-0.05, 0) is 69.2 Å². The zero-order chi connectivity index (χ0) is 25.8. The summed E-state index contributed by atoms with van der Waals surface area (Å²) in [5.41, 5.74) is 0.346. The van der Waals surface area contributed by atoms with E-state index in [4.69, 9.17) is 9.84 Å². The number of carbonyl (C=O) groups excluding carboxylic acids is 2. The van der Waals surface area contributed by atoms with Gasteiger partial charge in [-0.2, -0.15) is 0 Å². The van der Waals surface area contributed by atoms with Crippen LogP contribution in [0.5, 0.6) is 0 Å². The minimum absolute atomic E-state index is 0.0679. The SMILES string of the molecule is CNc1cc(F)cc2cc(C(=O)Nc3ccc(C(=O)OC(C)(C)C)cc3/C=C/CCO)c(=O)[nH]c12. The number of hydrogen-bond acceptors (Lipinski definition) is 6. The summed E-state index contributed by atoms with van der Waals surface area (Å²) in [4.78, 5) is 40.8. The molecule has 0 radical (unpaired) electrons. The molecule has 8 nitrogen and oxygen atoms in total. The van der Waals surface area contributed by atoms with E-state index in [2.05, 4.69) is 15.6 Å². The highest BCUT2D eigenvalue weighted by Crippen LogP contribution is 2.25. The van der Waals surface area contributed by atoms with Crippen LogP contribution in [0.15, 0.2) is 47.3 Å². The van der Waals surface area contributed by atoms with E-state index in [1.807, 2.05) is 0 Å². The number of ether oxygens (including phenoxy) is 1. The lowest BCUT2D eigenvalue weighted by molar-refractivity contribution is 0.00694. The molecule has 0 spiro atoms. The second kappa shape index (κ2) is 10.5. The Morgan fingerprint density at radius 3 is 2.54 bits per heavy atom. The molecule has 35 heavy (non-hydrogen) atoms. The van der Waals surface area contributed by atoms with Gasteiger partial charge in [0.05, 0.1) is 16.8 Å². The first-order valence-electron chi connectivity index (χ1n) is 11.0. The Hall–Kier alpha value is -3.98. The van der Waals surface area contributed by atoms with Gasteiger partial charge in [-0.1, -0.05) is 12.2 Å². The third kappa shape index (κ3) is 6.33. The summed E-state index contributed by atoms with van der Waals surface area (Å²) in [6, 6.07) is 8.38. The van der Waals surface area contributed by atoms with E-state index in [1.54, 1.807) is 46.0 Å². The molecule has 3 rings (SSSR count). The zero-order valence-corrected chi connectivity index (χ0v) is 20.0. The van der Waals surface area contributed by atoms with Crippen molar-refractivity contribution >= 4 is 40.2 Å². The van der Waals surface area contributed by atoms with Gasteiger partial charge in [-0.25, -0.2) is 9.18 Å². The van der Waals surface area contributed by atoms with Crippen LogP contribution in [0.1, 0.15) is 53.5 Å².